The third-order valence-corrected chi connectivity index (χ3v) is 13.9. The Morgan fingerprint density at radius 3 is 2.17 bits per heavy atom. The highest BCUT2D eigenvalue weighted by Gasteiger charge is 2.53. The molecule has 18 atom stereocenters. The summed E-state index contributed by atoms with van der Waals surface area (Å²) in [6.45, 7) is 23.9. The van der Waals surface area contributed by atoms with Crippen LogP contribution in [0.3, 0.4) is 0 Å². The van der Waals surface area contributed by atoms with Gasteiger partial charge in [0.15, 0.2) is 17.7 Å². The van der Waals surface area contributed by atoms with Crippen molar-refractivity contribution in [1.82, 2.24) is 20.4 Å². The highest BCUT2D eigenvalue weighted by atomic mass is 32.1. The maximum absolute atomic E-state index is 14.5. The zero-order chi connectivity index (χ0) is 49.8. The van der Waals surface area contributed by atoms with Gasteiger partial charge in [0, 0.05) is 57.7 Å². The molecule has 0 unspecified atom stereocenters. The van der Waals surface area contributed by atoms with Gasteiger partial charge in [0.25, 0.3) is 6.47 Å². The van der Waals surface area contributed by atoms with E-state index in [2.05, 4.69) is 29.4 Å². The third-order valence-electron chi connectivity index (χ3n) is 13.6. The molecular weight excluding hydrogens is 865 g/mol. The van der Waals surface area contributed by atoms with Crippen LogP contribution in [-0.4, -0.2) is 196 Å². The minimum absolute atomic E-state index is 0.118. The molecule has 3 heterocycles. The highest BCUT2D eigenvalue weighted by Crippen LogP contribution is 2.40. The van der Waals surface area contributed by atoms with E-state index in [0.717, 1.165) is 6.54 Å². The Kier molecular flexibility index (Phi) is 23.9. The SMILES string of the molecule is CC[C@H]1OC(=O)[C@H](C)[C@@H](O[C@H]2C[C@@](C)(OC)[C@@H](O)[C@H](C)O2)[C@H](C)[C@@H](O[C@@H]2O[C@H](C)C[C@H](N(C)C)[C@H]2O)[C@](C)(O)C[C@@H](C)CN(CCCNC(=S)NCC(C)C)[C@H](C)[C@@H](O)[C@]1(C)O.O=CO. The molecule has 3 fully saturated rings. The Bertz CT molecular complexity index is 1450. The van der Waals surface area contributed by atoms with Crippen LogP contribution in [0.2, 0.25) is 0 Å². The van der Waals surface area contributed by atoms with Crippen molar-refractivity contribution in [2.75, 3.05) is 47.4 Å². The number of nitrogens with one attached hydrogen (secondary N) is 2. The van der Waals surface area contributed by atoms with E-state index in [9.17, 15) is 30.3 Å². The molecule has 0 aliphatic carbocycles. The lowest BCUT2D eigenvalue weighted by atomic mass is 9.77. The van der Waals surface area contributed by atoms with Crippen molar-refractivity contribution in [3.8, 4) is 0 Å². The van der Waals surface area contributed by atoms with E-state index < -0.39 is 96.0 Å². The van der Waals surface area contributed by atoms with E-state index in [4.69, 9.17) is 50.5 Å². The van der Waals surface area contributed by atoms with Gasteiger partial charge in [-0.05, 0) is 112 Å². The summed E-state index contributed by atoms with van der Waals surface area (Å²) in [5.41, 5.74) is -4.52. The molecule has 19 heteroatoms. The van der Waals surface area contributed by atoms with Crippen LogP contribution < -0.4 is 10.6 Å². The second-order valence-electron chi connectivity index (χ2n) is 20.2. The summed E-state index contributed by atoms with van der Waals surface area (Å²) >= 11 is 5.48. The number of thiocarbonyl (C=S) groups is 1. The van der Waals surface area contributed by atoms with E-state index in [1.165, 1.54) is 14.0 Å². The summed E-state index contributed by atoms with van der Waals surface area (Å²) in [6, 6.07) is -0.900. The van der Waals surface area contributed by atoms with E-state index in [1.54, 1.807) is 34.6 Å². The maximum Gasteiger partial charge on any atom is 0.311 e. The van der Waals surface area contributed by atoms with Crippen LogP contribution in [0.1, 0.15) is 115 Å². The first kappa shape index (κ1) is 59.3. The van der Waals surface area contributed by atoms with E-state index in [0.29, 0.717) is 43.5 Å². The first-order valence-electron chi connectivity index (χ1n) is 23.5. The van der Waals surface area contributed by atoms with Gasteiger partial charge in [-0.15, -0.1) is 0 Å². The fraction of sp³-hybridized carbons (Fsp3) is 0.935. The summed E-state index contributed by atoms with van der Waals surface area (Å²) in [4.78, 5) is 26.9. The smallest absolute Gasteiger partial charge is 0.311 e. The van der Waals surface area contributed by atoms with Crippen LogP contribution in [0.4, 0.5) is 0 Å². The van der Waals surface area contributed by atoms with Gasteiger partial charge >= 0.3 is 5.97 Å². The minimum atomic E-state index is -1.86. The van der Waals surface area contributed by atoms with E-state index in [1.807, 2.05) is 46.7 Å². The lowest BCUT2D eigenvalue weighted by Gasteiger charge is -2.48. The van der Waals surface area contributed by atoms with Crippen molar-refractivity contribution in [2.45, 2.75) is 205 Å². The number of methoxy groups -OCH3 is 1. The number of carbonyl (C=O) groups is 2. The number of aliphatic hydroxyl groups is 5. The third kappa shape index (κ3) is 16.4. The monoisotopic (exact) mass is 953 g/mol. The first-order valence-corrected chi connectivity index (χ1v) is 23.9. The zero-order valence-corrected chi connectivity index (χ0v) is 42.7. The molecule has 0 aromatic heterocycles. The normalized spacial score (nSPS) is 41.6. The van der Waals surface area contributed by atoms with Crippen molar-refractivity contribution in [3.05, 3.63) is 0 Å². The molecule has 0 radical (unpaired) electrons. The van der Waals surface area contributed by atoms with Gasteiger partial charge in [-0.25, -0.2) is 0 Å². The Balaban J connectivity index is 0.00000470. The fourth-order valence-corrected chi connectivity index (χ4v) is 9.93. The van der Waals surface area contributed by atoms with Crippen molar-refractivity contribution in [2.24, 2.45) is 23.7 Å². The van der Waals surface area contributed by atoms with Crippen LogP contribution in [0.5, 0.6) is 0 Å². The predicted octanol–water partition coefficient (Wildman–Crippen LogP) is 2.48. The van der Waals surface area contributed by atoms with E-state index >= 15 is 0 Å². The second kappa shape index (κ2) is 26.2. The second-order valence-corrected chi connectivity index (χ2v) is 20.6. The summed E-state index contributed by atoms with van der Waals surface area (Å²) in [7, 11) is 5.29. The van der Waals surface area contributed by atoms with Crippen molar-refractivity contribution in [3.63, 3.8) is 0 Å². The number of carboxylic acid groups (broad SMARTS) is 1. The van der Waals surface area contributed by atoms with Crippen LogP contribution in [0, 0.1) is 23.7 Å². The highest BCUT2D eigenvalue weighted by molar-refractivity contribution is 7.80. The van der Waals surface area contributed by atoms with Crippen LogP contribution >= 0.6 is 12.2 Å². The maximum atomic E-state index is 14.5. The molecule has 18 nitrogen and oxygen atoms in total. The molecular formula is C46H88N4O14S. The lowest BCUT2D eigenvalue weighted by Crippen LogP contribution is -2.60. The summed E-state index contributed by atoms with van der Waals surface area (Å²) in [6.07, 6.45) is -7.95. The van der Waals surface area contributed by atoms with Crippen molar-refractivity contribution >= 4 is 29.8 Å². The summed E-state index contributed by atoms with van der Waals surface area (Å²) in [5, 5.41) is 73.6. The van der Waals surface area contributed by atoms with Gasteiger partial charge in [-0.3, -0.25) is 14.5 Å². The Morgan fingerprint density at radius 2 is 1.62 bits per heavy atom. The fourth-order valence-electron chi connectivity index (χ4n) is 9.74. The average molecular weight is 953 g/mol. The number of esters is 1. The Hall–Kier alpha value is -1.85. The number of likely N-dealkylation sites (N-methyl/N-ethyl adjacent to an activating group) is 1. The number of nitrogens with zero attached hydrogens (tertiary/aromatic N) is 2. The van der Waals surface area contributed by atoms with Gasteiger partial charge in [-0.1, -0.05) is 34.6 Å². The molecule has 382 valence electrons. The summed E-state index contributed by atoms with van der Waals surface area (Å²) < 4.78 is 38.0. The average Bonchev–Trinajstić information content (AvgIpc) is 3.22. The van der Waals surface area contributed by atoms with Crippen LogP contribution in [0.25, 0.3) is 0 Å². The number of cyclic esters (lactones) is 1. The number of hydrogen-bond donors (Lipinski definition) is 8. The lowest BCUT2D eigenvalue weighted by molar-refractivity contribution is -0.318. The van der Waals surface area contributed by atoms with Crippen molar-refractivity contribution < 1.29 is 68.6 Å². The van der Waals surface area contributed by atoms with Gasteiger partial charge in [0.2, 0.25) is 0 Å². The van der Waals surface area contributed by atoms with Gasteiger partial charge in [0.05, 0.1) is 41.5 Å². The summed E-state index contributed by atoms with van der Waals surface area (Å²) in [5.74, 6) is -2.29. The minimum Gasteiger partial charge on any atom is -0.483 e. The molecule has 0 amide bonds. The topological polar surface area (TPSA) is 241 Å². The number of aliphatic hydroxyl groups excluding tert-OH is 3. The van der Waals surface area contributed by atoms with Gasteiger partial charge in [-0.2, -0.15) is 0 Å². The molecule has 0 saturated carbocycles. The molecule has 3 rings (SSSR count). The molecule has 0 aromatic rings. The number of carbonyl (C=O) groups excluding carboxylic acids is 1. The molecule has 8 N–H and O–H groups in total. The van der Waals surface area contributed by atoms with Gasteiger partial charge in [0.1, 0.15) is 30.0 Å². The molecule has 0 aromatic carbocycles. The Morgan fingerprint density at radius 1 is 1.00 bits per heavy atom. The molecule has 0 bridgehead atoms. The molecule has 3 aliphatic rings. The number of ether oxygens (including phenoxy) is 6. The largest absolute Gasteiger partial charge is 0.483 e. The predicted molar refractivity (Wildman–Crippen MR) is 250 cm³/mol. The van der Waals surface area contributed by atoms with Crippen LogP contribution in [-0.2, 0) is 38.0 Å². The molecule has 3 saturated heterocycles. The Labute approximate surface area is 394 Å². The van der Waals surface area contributed by atoms with E-state index in [-0.39, 0.29) is 43.8 Å². The quantitative estimate of drug-likeness (QED) is 0.0573. The van der Waals surface area contributed by atoms with Crippen LogP contribution in [0.15, 0.2) is 0 Å². The zero-order valence-electron chi connectivity index (χ0n) is 41.9. The first-order chi connectivity index (χ1) is 30.1. The number of hydrogen-bond acceptors (Lipinski definition) is 16. The van der Waals surface area contributed by atoms with Crippen molar-refractivity contribution in [1.29, 1.82) is 0 Å². The number of rotatable bonds is 13. The molecule has 65 heavy (non-hydrogen) atoms. The standard InChI is InChI=1S/C45H86N4O12S.CH2O2/c1-16-33-45(12,55)37(51)30(8)49(19-17-18-46-42(62)47-23-25(2)3)24-26(4)21-43(10,54)39(61-41-35(50)32(48(13)14)20-27(5)57-41)28(6)36(29(7)40(53)59-33)60-34-22-44(11,56-15)38(52)31(9)58-34;2-1-3/h25-39,41,50-52,54-55H,16-24H2,1-15H3,(H2,46,47,62);1H,(H,2,3)/t26-,27-,28+,29-,30-,31+,32+,33-,34+,35-,36+,37-,38+,39-,41+,43-,44-,45-;/m1./s1. The molecule has 3 aliphatic heterocycles. The molecule has 0 spiro atoms. The van der Waals surface area contributed by atoms with Gasteiger partial charge < -0.3 is 74.6 Å².